The second-order valence-corrected chi connectivity index (χ2v) is 8.46. The van der Waals surface area contributed by atoms with Crippen molar-refractivity contribution in [1.29, 1.82) is 0 Å². The molecule has 8 heteroatoms. The minimum absolute atomic E-state index is 0.163. The van der Waals surface area contributed by atoms with Crippen molar-refractivity contribution in [1.82, 2.24) is 9.62 Å². The zero-order chi connectivity index (χ0) is 15.5. The Kier molecular flexibility index (Phi) is 6.22. The molecule has 1 aliphatic rings. The highest BCUT2D eigenvalue weighted by Gasteiger charge is 2.22. The van der Waals surface area contributed by atoms with Gasteiger partial charge in [-0.2, -0.15) is 0 Å². The highest BCUT2D eigenvalue weighted by atomic mass is 79.9. The normalized spacial score (nSPS) is 18.6. The van der Waals surface area contributed by atoms with Crippen LogP contribution in [0.25, 0.3) is 0 Å². The van der Waals surface area contributed by atoms with E-state index in [1.165, 1.54) is 0 Å². The molecule has 1 fully saturated rings. The minimum Gasteiger partial charge on any atom is -0.379 e. The van der Waals surface area contributed by atoms with Crippen LogP contribution in [0.1, 0.15) is 6.92 Å². The first-order chi connectivity index (χ1) is 9.88. The van der Waals surface area contributed by atoms with Crippen LogP contribution in [0.4, 0.5) is 0 Å². The molecular weight excluding hydrogens is 424 g/mol. The van der Waals surface area contributed by atoms with Gasteiger partial charge < -0.3 is 4.74 Å². The van der Waals surface area contributed by atoms with Crippen molar-refractivity contribution in [3.05, 3.63) is 27.1 Å². The van der Waals surface area contributed by atoms with Gasteiger partial charge in [0.05, 0.1) is 18.1 Å². The first-order valence-corrected chi connectivity index (χ1v) is 9.73. The Morgan fingerprint density at radius 1 is 1.33 bits per heavy atom. The van der Waals surface area contributed by atoms with Crippen LogP contribution >= 0.6 is 31.9 Å². The second kappa shape index (κ2) is 7.52. The van der Waals surface area contributed by atoms with E-state index in [4.69, 9.17) is 4.74 Å². The van der Waals surface area contributed by atoms with Gasteiger partial charge in [0.15, 0.2) is 0 Å². The number of benzene rings is 1. The number of halogens is 2. The molecule has 1 saturated heterocycles. The summed E-state index contributed by atoms with van der Waals surface area (Å²) in [5.74, 6) is 0. The molecule has 0 spiro atoms. The number of sulfonamides is 1. The first-order valence-electron chi connectivity index (χ1n) is 6.66. The van der Waals surface area contributed by atoms with E-state index >= 15 is 0 Å². The lowest BCUT2D eigenvalue weighted by Crippen LogP contribution is -2.45. The molecule has 21 heavy (non-hydrogen) atoms. The van der Waals surface area contributed by atoms with Gasteiger partial charge in [-0.15, -0.1) is 0 Å². The van der Waals surface area contributed by atoms with Crippen LogP contribution in [-0.2, 0) is 14.8 Å². The van der Waals surface area contributed by atoms with Crippen LogP contribution in [0.3, 0.4) is 0 Å². The lowest BCUT2D eigenvalue weighted by molar-refractivity contribution is 0.0354. The summed E-state index contributed by atoms with van der Waals surface area (Å²) in [6.45, 7) is 5.65. The van der Waals surface area contributed by atoms with Crippen LogP contribution in [-0.4, -0.2) is 52.2 Å². The van der Waals surface area contributed by atoms with Gasteiger partial charge in [0, 0.05) is 34.6 Å². The average Bonchev–Trinajstić information content (AvgIpc) is 2.38. The molecule has 2 rings (SSSR count). The quantitative estimate of drug-likeness (QED) is 0.760. The second-order valence-electron chi connectivity index (χ2n) is 5.01. The highest BCUT2D eigenvalue weighted by molar-refractivity contribution is 9.11. The van der Waals surface area contributed by atoms with Gasteiger partial charge in [0.2, 0.25) is 10.0 Å². The molecule has 1 aromatic rings. The Balaban J connectivity index is 2.02. The van der Waals surface area contributed by atoms with Gasteiger partial charge in [-0.05, 0) is 41.1 Å². The molecule has 1 atom stereocenters. The Labute approximate surface area is 142 Å². The van der Waals surface area contributed by atoms with Crippen molar-refractivity contribution in [2.75, 3.05) is 32.8 Å². The van der Waals surface area contributed by atoms with E-state index in [9.17, 15) is 8.42 Å². The summed E-state index contributed by atoms with van der Waals surface area (Å²) in [7, 11) is -3.53. The fourth-order valence-electron chi connectivity index (χ4n) is 2.23. The Morgan fingerprint density at radius 3 is 2.62 bits per heavy atom. The summed E-state index contributed by atoms with van der Waals surface area (Å²) in [5.41, 5.74) is 0. The van der Waals surface area contributed by atoms with Crippen molar-refractivity contribution < 1.29 is 13.2 Å². The van der Waals surface area contributed by atoms with Crippen molar-refractivity contribution in [2.45, 2.75) is 17.9 Å². The number of morpholine rings is 1. The SMILES string of the molecule is CC(CN1CCOCC1)NS(=O)(=O)c1ccc(Br)cc1Br. The van der Waals surface area contributed by atoms with Gasteiger partial charge in [0.25, 0.3) is 0 Å². The fourth-order valence-corrected chi connectivity index (χ4v) is 5.21. The van der Waals surface area contributed by atoms with Gasteiger partial charge in [0.1, 0.15) is 0 Å². The Morgan fingerprint density at radius 2 is 2.00 bits per heavy atom. The van der Waals surface area contributed by atoms with E-state index in [-0.39, 0.29) is 10.9 Å². The Bertz CT molecular complexity index is 589. The molecule has 118 valence electrons. The molecule has 1 aliphatic heterocycles. The molecule has 1 aromatic carbocycles. The van der Waals surface area contributed by atoms with E-state index in [1.54, 1.807) is 18.2 Å². The molecular formula is C13H18Br2N2O3S. The predicted octanol–water partition coefficient (Wildman–Crippen LogP) is 2.21. The average molecular weight is 442 g/mol. The molecule has 0 radical (unpaired) electrons. The number of hydrogen-bond donors (Lipinski definition) is 1. The van der Waals surface area contributed by atoms with Crippen molar-refractivity contribution in [2.24, 2.45) is 0 Å². The maximum absolute atomic E-state index is 12.4. The van der Waals surface area contributed by atoms with E-state index in [0.717, 1.165) is 17.6 Å². The molecule has 0 bridgehead atoms. The van der Waals surface area contributed by atoms with Crippen molar-refractivity contribution in [3.63, 3.8) is 0 Å². The fraction of sp³-hybridized carbons (Fsp3) is 0.538. The number of hydrogen-bond acceptors (Lipinski definition) is 4. The summed E-state index contributed by atoms with van der Waals surface area (Å²) in [4.78, 5) is 2.45. The maximum Gasteiger partial charge on any atom is 0.241 e. The van der Waals surface area contributed by atoms with E-state index in [1.807, 2.05) is 6.92 Å². The van der Waals surface area contributed by atoms with Gasteiger partial charge >= 0.3 is 0 Å². The molecule has 0 amide bonds. The summed E-state index contributed by atoms with van der Waals surface area (Å²) in [5, 5.41) is 0. The molecule has 0 aliphatic carbocycles. The molecule has 0 saturated carbocycles. The van der Waals surface area contributed by atoms with Gasteiger partial charge in [-0.3, -0.25) is 4.90 Å². The minimum atomic E-state index is -3.53. The molecule has 1 heterocycles. The first kappa shape index (κ1) is 17.4. The number of nitrogens with zero attached hydrogens (tertiary/aromatic N) is 1. The van der Waals surface area contributed by atoms with Crippen LogP contribution in [0.15, 0.2) is 32.0 Å². The third-order valence-electron chi connectivity index (χ3n) is 3.18. The highest BCUT2D eigenvalue weighted by Crippen LogP contribution is 2.25. The Hall–Kier alpha value is 0.01000. The third-order valence-corrected chi connectivity index (χ3v) is 6.24. The summed E-state index contributed by atoms with van der Waals surface area (Å²) in [6.07, 6.45) is 0. The maximum atomic E-state index is 12.4. The summed E-state index contributed by atoms with van der Waals surface area (Å²) >= 11 is 6.61. The van der Waals surface area contributed by atoms with Gasteiger partial charge in [-0.25, -0.2) is 13.1 Å². The monoisotopic (exact) mass is 440 g/mol. The number of ether oxygens (including phenoxy) is 1. The van der Waals surface area contributed by atoms with E-state index in [0.29, 0.717) is 24.2 Å². The number of rotatable bonds is 5. The van der Waals surface area contributed by atoms with E-state index < -0.39 is 10.0 Å². The van der Waals surface area contributed by atoms with Gasteiger partial charge in [-0.1, -0.05) is 15.9 Å². The standard InChI is InChI=1S/C13H18Br2N2O3S/c1-10(9-17-4-6-20-7-5-17)16-21(18,19)13-3-2-11(14)8-12(13)15/h2-3,8,10,16H,4-7,9H2,1H3. The topological polar surface area (TPSA) is 58.6 Å². The van der Waals surface area contributed by atoms with Crippen LogP contribution in [0, 0.1) is 0 Å². The van der Waals surface area contributed by atoms with E-state index in [2.05, 4.69) is 41.5 Å². The van der Waals surface area contributed by atoms with Crippen LogP contribution < -0.4 is 4.72 Å². The summed E-state index contributed by atoms with van der Waals surface area (Å²) in [6, 6.07) is 4.86. The lowest BCUT2D eigenvalue weighted by atomic mass is 10.3. The molecule has 1 N–H and O–H groups in total. The zero-order valence-corrected chi connectivity index (χ0v) is 15.7. The summed E-state index contributed by atoms with van der Waals surface area (Å²) < 4.78 is 34.2. The van der Waals surface area contributed by atoms with Crippen LogP contribution in [0.5, 0.6) is 0 Å². The largest absolute Gasteiger partial charge is 0.379 e. The van der Waals surface area contributed by atoms with Crippen molar-refractivity contribution >= 4 is 41.9 Å². The smallest absolute Gasteiger partial charge is 0.241 e. The number of nitrogens with one attached hydrogen (secondary N) is 1. The van der Waals surface area contributed by atoms with Crippen molar-refractivity contribution in [3.8, 4) is 0 Å². The molecule has 0 aromatic heterocycles. The molecule has 5 nitrogen and oxygen atoms in total. The third kappa shape index (κ3) is 5.01. The van der Waals surface area contributed by atoms with Crippen LogP contribution in [0.2, 0.25) is 0 Å². The lowest BCUT2D eigenvalue weighted by Gasteiger charge is -2.29. The molecule has 1 unspecified atom stereocenters. The zero-order valence-electron chi connectivity index (χ0n) is 11.7. The predicted molar refractivity (Wildman–Crippen MR) is 88.9 cm³/mol.